The fourth-order valence-corrected chi connectivity index (χ4v) is 2.56. The number of ether oxygens (including phenoxy) is 1. The van der Waals surface area contributed by atoms with Crippen LogP contribution in [-0.2, 0) is 9.53 Å². The van der Waals surface area contributed by atoms with Gasteiger partial charge in [-0.15, -0.1) is 0 Å². The molecule has 0 aromatic carbocycles. The topological polar surface area (TPSA) is 53.0 Å². The molecule has 0 aromatic rings. The van der Waals surface area contributed by atoms with Gasteiger partial charge in [-0.2, -0.15) is 0 Å². The predicted octanol–water partition coefficient (Wildman–Crippen LogP) is -0.310. The Bertz CT molecular complexity index is 266. The molecule has 1 N–H and O–H groups in total. The Kier molecular flexibility index (Phi) is 4.36. The number of carbonyl (C=O) groups excluding carboxylic acids is 1. The van der Waals surface area contributed by atoms with Gasteiger partial charge in [0.15, 0.2) is 0 Å². The number of aliphatic hydroxyl groups excluding tert-OH is 1. The molecule has 2 saturated heterocycles. The smallest absolute Gasteiger partial charge is 0.239 e. The van der Waals surface area contributed by atoms with Gasteiger partial charge < -0.3 is 14.7 Å². The number of hydrogen-bond acceptors (Lipinski definition) is 4. The van der Waals surface area contributed by atoms with E-state index in [0.29, 0.717) is 13.2 Å². The van der Waals surface area contributed by atoms with Crippen molar-refractivity contribution in [2.75, 3.05) is 39.4 Å². The molecule has 2 heterocycles. The minimum atomic E-state index is -0.141. The summed E-state index contributed by atoms with van der Waals surface area (Å²) in [5, 5.41) is 9.09. The molecule has 0 aromatic heterocycles. The van der Waals surface area contributed by atoms with Crippen molar-refractivity contribution in [3.05, 3.63) is 0 Å². The first kappa shape index (κ1) is 12.8. The highest BCUT2D eigenvalue weighted by Crippen LogP contribution is 2.14. The summed E-state index contributed by atoms with van der Waals surface area (Å²) in [7, 11) is 0. The van der Waals surface area contributed by atoms with Crippen LogP contribution in [0.5, 0.6) is 0 Å². The van der Waals surface area contributed by atoms with Gasteiger partial charge in [0.2, 0.25) is 5.91 Å². The Hall–Kier alpha value is -0.650. The van der Waals surface area contributed by atoms with E-state index in [1.54, 1.807) is 0 Å². The van der Waals surface area contributed by atoms with Gasteiger partial charge in [0, 0.05) is 26.2 Å². The minimum absolute atomic E-state index is 0.0289. The molecule has 5 nitrogen and oxygen atoms in total. The lowest BCUT2D eigenvalue weighted by molar-refractivity contribution is -0.139. The Labute approximate surface area is 102 Å². The van der Waals surface area contributed by atoms with E-state index >= 15 is 0 Å². The quantitative estimate of drug-likeness (QED) is 0.737. The molecule has 1 amide bonds. The van der Waals surface area contributed by atoms with E-state index in [1.165, 1.54) is 0 Å². The van der Waals surface area contributed by atoms with Crippen molar-refractivity contribution >= 4 is 5.91 Å². The van der Waals surface area contributed by atoms with Crippen LogP contribution in [0.3, 0.4) is 0 Å². The number of carbonyl (C=O) groups is 1. The van der Waals surface area contributed by atoms with E-state index in [0.717, 1.165) is 32.5 Å². The number of morpholine rings is 1. The van der Waals surface area contributed by atoms with Crippen LogP contribution in [0.1, 0.15) is 19.8 Å². The summed E-state index contributed by atoms with van der Waals surface area (Å²) in [6, 6.07) is -0.0916. The summed E-state index contributed by atoms with van der Waals surface area (Å²) in [4.78, 5) is 16.3. The molecule has 17 heavy (non-hydrogen) atoms. The first-order valence-electron chi connectivity index (χ1n) is 6.47. The van der Waals surface area contributed by atoms with Crippen LogP contribution in [0.2, 0.25) is 0 Å². The Morgan fingerprint density at radius 1 is 1.41 bits per heavy atom. The molecule has 2 aliphatic rings. The lowest BCUT2D eigenvalue weighted by Gasteiger charge is -2.36. The molecule has 2 fully saturated rings. The molecule has 2 rings (SSSR count). The molecule has 0 saturated carbocycles. The molecule has 2 aliphatic heterocycles. The van der Waals surface area contributed by atoms with Crippen LogP contribution in [0, 0.1) is 0 Å². The van der Waals surface area contributed by atoms with E-state index < -0.39 is 0 Å². The van der Waals surface area contributed by atoms with Gasteiger partial charge >= 0.3 is 0 Å². The zero-order valence-electron chi connectivity index (χ0n) is 10.5. The molecule has 5 heteroatoms. The minimum Gasteiger partial charge on any atom is -0.394 e. The first-order chi connectivity index (χ1) is 8.22. The highest BCUT2D eigenvalue weighted by molar-refractivity contribution is 5.81. The van der Waals surface area contributed by atoms with Crippen LogP contribution in [0.4, 0.5) is 0 Å². The zero-order chi connectivity index (χ0) is 12.3. The Morgan fingerprint density at radius 2 is 2.12 bits per heavy atom. The largest absolute Gasteiger partial charge is 0.394 e. The Balaban J connectivity index is 1.89. The molecule has 2 atom stereocenters. The van der Waals surface area contributed by atoms with Gasteiger partial charge in [0.1, 0.15) is 0 Å². The van der Waals surface area contributed by atoms with Gasteiger partial charge in [0.05, 0.1) is 25.4 Å². The van der Waals surface area contributed by atoms with Gasteiger partial charge in [0.25, 0.3) is 0 Å². The van der Waals surface area contributed by atoms with Gasteiger partial charge in [-0.25, -0.2) is 0 Å². The number of hydrogen-bond donors (Lipinski definition) is 1. The van der Waals surface area contributed by atoms with Crippen molar-refractivity contribution in [1.82, 2.24) is 9.80 Å². The third kappa shape index (κ3) is 2.97. The van der Waals surface area contributed by atoms with Gasteiger partial charge in [-0.1, -0.05) is 0 Å². The monoisotopic (exact) mass is 242 g/mol. The number of likely N-dealkylation sites (tertiary alicyclic amines) is 1. The SMILES string of the molecule is CC(C(=O)N1CCCC1)N1CCOC(CO)C1. The molecule has 0 spiro atoms. The maximum absolute atomic E-state index is 12.2. The van der Waals surface area contributed by atoms with Crippen molar-refractivity contribution in [3.8, 4) is 0 Å². The average molecular weight is 242 g/mol. The summed E-state index contributed by atoms with van der Waals surface area (Å²) in [5.41, 5.74) is 0. The van der Waals surface area contributed by atoms with E-state index in [-0.39, 0.29) is 24.7 Å². The fraction of sp³-hybridized carbons (Fsp3) is 0.917. The maximum atomic E-state index is 12.2. The standard InChI is InChI=1S/C12H22N2O3/c1-10(12(16)13-4-2-3-5-13)14-6-7-17-11(8-14)9-15/h10-11,15H,2-9H2,1H3. The van der Waals surface area contributed by atoms with Crippen LogP contribution >= 0.6 is 0 Å². The number of rotatable bonds is 3. The molecule has 0 bridgehead atoms. The third-order valence-electron chi connectivity index (χ3n) is 3.70. The van der Waals surface area contributed by atoms with Crippen LogP contribution in [0.15, 0.2) is 0 Å². The molecule has 0 aliphatic carbocycles. The van der Waals surface area contributed by atoms with E-state index in [1.807, 2.05) is 11.8 Å². The van der Waals surface area contributed by atoms with Gasteiger partial charge in [-0.3, -0.25) is 9.69 Å². The predicted molar refractivity (Wildman–Crippen MR) is 63.7 cm³/mol. The molecule has 98 valence electrons. The van der Waals surface area contributed by atoms with Gasteiger partial charge in [-0.05, 0) is 19.8 Å². The molecular weight excluding hydrogens is 220 g/mol. The van der Waals surface area contributed by atoms with E-state index in [4.69, 9.17) is 9.84 Å². The number of aliphatic hydroxyl groups is 1. The summed E-state index contributed by atoms with van der Waals surface area (Å²) in [6.07, 6.45) is 2.11. The normalized spacial score (nSPS) is 28.4. The van der Waals surface area contributed by atoms with Crippen molar-refractivity contribution in [2.24, 2.45) is 0 Å². The fourth-order valence-electron chi connectivity index (χ4n) is 2.56. The molecule has 2 unspecified atom stereocenters. The highest BCUT2D eigenvalue weighted by atomic mass is 16.5. The molecular formula is C12H22N2O3. The average Bonchev–Trinajstić information content (AvgIpc) is 2.91. The first-order valence-corrected chi connectivity index (χ1v) is 6.47. The summed E-state index contributed by atoms with van der Waals surface area (Å²) < 4.78 is 5.40. The summed E-state index contributed by atoms with van der Waals surface area (Å²) in [6.45, 7) is 5.81. The van der Waals surface area contributed by atoms with Crippen molar-refractivity contribution in [2.45, 2.75) is 31.9 Å². The zero-order valence-corrected chi connectivity index (χ0v) is 10.5. The molecule has 0 radical (unpaired) electrons. The maximum Gasteiger partial charge on any atom is 0.239 e. The number of nitrogens with zero attached hydrogens (tertiary/aromatic N) is 2. The van der Waals surface area contributed by atoms with Crippen LogP contribution in [-0.4, -0.2) is 72.4 Å². The third-order valence-corrected chi connectivity index (χ3v) is 3.70. The van der Waals surface area contributed by atoms with E-state index in [9.17, 15) is 4.79 Å². The lowest BCUT2D eigenvalue weighted by atomic mass is 10.2. The summed E-state index contributed by atoms with van der Waals surface area (Å²) >= 11 is 0. The second-order valence-electron chi connectivity index (χ2n) is 4.88. The van der Waals surface area contributed by atoms with Crippen LogP contribution in [0.25, 0.3) is 0 Å². The summed E-state index contributed by atoms with van der Waals surface area (Å²) in [5.74, 6) is 0.223. The van der Waals surface area contributed by atoms with E-state index in [2.05, 4.69) is 4.90 Å². The van der Waals surface area contributed by atoms with Crippen molar-refractivity contribution in [1.29, 1.82) is 0 Å². The van der Waals surface area contributed by atoms with Crippen molar-refractivity contribution in [3.63, 3.8) is 0 Å². The second-order valence-corrected chi connectivity index (χ2v) is 4.88. The highest BCUT2D eigenvalue weighted by Gasteiger charge is 2.31. The second kappa shape index (κ2) is 5.80. The number of amides is 1. The lowest BCUT2D eigenvalue weighted by Crippen LogP contribution is -2.53. The van der Waals surface area contributed by atoms with Crippen LogP contribution < -0.4 is 0 Å². The van der Waals surface area contributed by atoms with Crippen molar-refractivity contribution < 1.29 is 14.6 Å². The Morgan fingerprint density at radius 3 is 2.76 bits per heavy atom.